The van der Waals surface area contributed by atoms with E-state index in [2.05, 4.69) is 16.8 Å². The zero-order chi connectivity index (χ0) is 11.5. The summed E-state index contributed by atoms with van der Waals surface area (Å²) in [5, 5.41) is 5.47. The topological polar surface area (TPSA) is 32.3 Å². The fourth-order valence-electron chi connectivity index (χ4n) is 1.79. The molecule has 2 atom stereocenters. The van der Waals surface area contributed by atoms with E-state index in [1.165, 1.54) is 4.88 Å². The number of amides is 1. The lowest BCUT2D eigenvalue weighted by Crippen LogP contribution is -2.35. The van der Waals surface area contributed by atoms with Gasteiger partial charge in [-0.15, -0.1) is 23.1 Å². The van der Waals surface area contributed by atoms with Gasteiger partial charge in [0, 0.05) is 18.0 Å². The normalized spacial score (nSPS) is 25.4. The lowest BCUT2D eigenvalue weighted by molar-refractivity contribution is -0.129. The van der Waals surface area contributed by atoms with Gasteiger partial charge in [-0.05, 0) is 25.4 Å². The van der Waals surface area contributed by atoms with E-state index < -0.39 is 0 Å². The van der Waals surface area contributed by atoms with Crippen molar-refractivity contribution in [3.63, 3.8) is 0 Å². The van der Waals surface area contributed by atoms with Gasteiger partial charge >= 0.3 is 0 Å². The monoisotopic (exact) mass is 256 g/mol. The van der Waals surface area contributed by atoms with Crippen molar-refractivity contribution >= 4 is 29.0 Å². The van der Waals surface area contributed by atoms with E-state index >= 15 is 0 Å². The van der Waals surface area contributed by atoms with Crippen LogP contribution < -0.4 is 5.32 Å². The van der Waals surface area contributed by atoms with Crippen molar-refractivity contribution in [1.82, 2.24) is 10.2 Å². The van der Waals surface area contributed by atoms with E-state index in [-0.39, 0.29) is 16.5 Å². The number of thioether (sulfide) groups is 1. The zero-order valence-electron chi connectivity index (χ0n) is 9.47. The standard InChI is InChI=1S/C11H16N2OS2/c1-8-10(14)13(6-5-12-2)11(16-8)9-4-3-7-15-9/h3-4,7-8,11-12H,5-6H2,1-2H3/t8-,11+/m0/s1. The van der Waals surface area contributed by atoms with E-state index in [1.807, 2.05) is 24.9 Å². The quantitative estimate of drug-likeness (QED) is 0.893. The summed E-state index contributed by atoms with van der Waals surface area (Å²) < 4.78 is 0. The van der Waals surface area contributed by atoms with Crippen LogP contribution in [-0.4, -0.2) is 36.2 Å². The first-order chi connectivity index (χ1) is 7.74. The van der Waals surface area contributed by atoms with Crippen LogP contribution in [0.25, 0.3) is 0 Å². The number of thiophene rings is 1. The maximum absolute atomic E-state index is 12.0. The molecule has 0 aliphatic carbocycles. The highest BCUT2D eigenvalue weighted by Gasteiger charge is 2.38. The Kier molecular flexibility index (Phi) is 3.89. The van der Waals surface area contributed by atoms with Gasteiger partial charge in [0.05, 0.1) is 5.25 Å². The Balaban J connectivity index is 2.13. The highest BCUT2D eigenvalue weighted by atomic mass is 32.2. The molecule has 1 saturated heterocycles. The molecule has 16 heavy (non-hydrogen) atoms. The first-order valence-corrected chi connectivity index (χ1v) is 7.20. The van der Waals surface area contributed by atoms with Crippen LogP contribution in [0, 0.1) is 0 Å². The second-order valence-electron chi connectivity index (χ2n) is 3.78. The second kappa shape index (κ2) is 5.21. The van der Waals surface area contributed by atoms with Crippen LogP contribution in [-0.2, 0) is 4.79 Å². The number of hydrogen-bond acceptors (Lipinski definition) is 4. The summed E-state index contributed by atoms with van der Waals surface area (Å²) in [5.41, 5.74) is 0. The van der Waals surface area contributed by atoms with E-state index in [4.69, 9.17) is 0 Å². The third kappa shape index (κ3) is 2.26. The number of nitrogens with one attached hydrogen (secondary N) is 1. The van der Waals surface area contributed by atoms with Crippen LogP contribution in [0.3, 0.4) is 0 Å². The highest BCUT2D eigenvalue weighted by Crippen LogP contribution is 2.43. The fourth-order valence-corrected chi connectivity index (χ4v) is 4.04. The molecule has 5 heteroatoms. The lowest BCUT2D eigenvalue weighted by Gasteiger charge is -2.22. The number of hydrogen-bond donors (Lipinski definition) is 1. The van der Waals surface area contributed by atoms with Gasteiger partial charge in [-0.1, -0.05) is 6.07 Å². The van der Waals surface area contributed by atoms with Crippen molar-refractivity contribution in [2.75, 3.05) is 20.1 Å². The summed E-state index contributed by atoms with van der Waals surface area (Å²) in [6.45, 7) is 3.63. The van der Waals surface area contributed by atoms with Gasteiger partial charge in [0.2, 0.25) is 5.91 Å². The molecule has 0 aromatic carbocycles. The van der Waals surface area contributed by atoms with E-state index in [1.54, 1.807) is 23.1 Å². The Morgan fingerprint density at radius 3 is 3.00 bits per heavy atom. The minimum absolute atomic E-state index is 0.0870. The Labute approximate surface area is 104 Å². The number of carbonyl (C=O) groups excluding carboxylic acids is 1. The predicted octanol–water partition coefficient (Wildman–Crippen LogP) is 1.93. The average molecular weight is 256 g/mol. The molecule has 2 heterocycles. The number of carbonyl (C=O) groups is 1. The van der Waals surface area contributed by atoms with Crippen molar-refractivity contribution in [3.05, 3.63) is 22.4 Å². The van der Waals surface area contributed by atoms with E-state index in [0.717, 1.165) is 13.1 Å². The van der Waals surface area contributed by atoms with Gasteiger partial charge in [-0.25, -0.2) is 0 Å². The smallest absolute Gasteiger partial charge is 0.236 e. The number of nitrogens with zero attached hydrogens (tertiary/aromatic N) is 1. The molecular weight excluding hydrogens is 240 g/mol. The van der Waals surface area contributed by atoms with Crippen LogP contribution in [0.15, 0.2) is 17.5 Å². The molecular formula is C11H16N2OS2. The predicted molar refractivity (Wildman–Crippen MR) is 69.8 cm³/mol. The van der Waals surface area contributed by atoms with Crippen molar-refractivity contribution in [3.8, 4) is 0 Å². The van der Waals surface area contributed by atoms with Crippen LogP contribution in [0.5, 0.6) is 0 Å². The van der Waals surface area contributed by atoms with Crippen LogP contribution in [0.2, 0.25) is 0 Å². The average Bonchev–Trinajstić information content (AvgIpc) is 2.87. The largest absolute Gasteiger partial charge is 0.323 e. The molecule has 1 fully saturated rings. The zero-order valence-corrected chi connectivity index (χ0v) is 11.1. The van der Waals surface area contributed by atoms with Crippen LogP contribution in [0.1, 0.15) is 17.2 Å². The molecule has 1 aliphatic heterocycles. The van der Waals surface area contributed by atoms with Gasteiger partial charge in [0.25, 0.3) is 0 Å². The number of likely N-dealkylation sites (N-methyl/N-ethyl adjacent to an activating group) is 1. The van der Waals surface area contributed by atoms with Gasteiger partial charge in [0.1, 0.15) is 5.37 Å². The van der Waals surface area contributed by atoms with Gasteiger partial charge in [-0.3, -0.25) is 4.79 Å². The Bertz CT molecular complexity index is 353. The van der Waals surface area contributed by atoms with Crippen LogP contribution >= 0.6 is 23.1 Å². The summed E-state index contributed by atoms with van der Waals surface area (Å²) in [6.07, 6.45) is 0. The van der Waals surface area contributed by atoms with Crippen molar-refractivity contribution in [2.24, 2.45) is 0 Å². The number of rotatable bonds is 4. The molecule has 1 N–H and O–H groups in total. The first-order valence-electron chi connectivity index (χ1n) is 5.38. The Hall–Kier alpha value is -0.520. The summed E-state index contributed by atoms with van der Waals surface area (Å²) in [7, 11) is 1.91. The van der Waals surface area contributed by atoms with E-state index in [0.29, 0.717) is 0 Å². The Morgan fingerprint density at radius 2 is 2.38 bits per heavy atom. The molecule has 0 unspecified atom stereocenters. The van der Waals surface area contributed by atoms with Gasteiger partial charge in [0.15, 0.2) is 0 Å². The third-order valence-electron chi connectivity index (χ3n) is 2.64. The van der Waals surface area contributed by atoms with Crippen molar-refractivity contribution in [1.29, 1.82) is 0 Å². The van der Waals surface area contributed by atoms with Gasteiger partial charge < -0.3 is 10.2 Å². The molecule has 0 saturated carbocycles. The maximum Gasteiger partial charge on any atom is 0.236 e. The molecule has 1 aromatic rings. The van der Waals surface area contributed by atoms with Crippen molar-refractivity contribution < 1.29 is 4.79 Å². The third-order valence-corrected chi connectivity index (χ3v) is 5.09. The highest BCUT2D eigenvalue weighted by molar-refractivity contribution is 8.01. The van der Waals surface area contributed by atoms with Gasteiger partial charge in [-0.2, -0.15) is 0 Å². The first kappa shape index (κ1) is 12.0. The molecule has 1 aliphatic rings. The fraction of sp³-hybridized carbons (Fsp3) is 0.545. The molecule has 0 radical (unpaired) electrons. The molecule has 0 spiro atoms. The summed E-state index contributed by atoms with van der Waals surface area (Å²) in [6, 6.07) is 4.16. The molecule has 88 valence electrons. The second-order valence-corrected chi connectivity index (χ2v) is 6.19. The molecule has 0 bridgehead atoms. The summed E-state index contributed by atoms with van der Waals surface area (Å²) in [5.74, 6) is 0.263. The minimum Gasteiger partial charge on any atom is -0.323 e. The minimum atomic E-state index is 0.0870. The van der Waals surface area contributed by atoms with Crippen molar-refractivity contribution in [2.45, 2.75) is 17.5 Å². The lowest BCUT2D eigenvalue weighted by atomic mass is 10.3. The molecule has 2 rings (SSSR count). The molecule has 3 nitrogen and oxygen atoms in total. The van der Waals surface area contributed by atoms with E-state index in [9.17, 15) is 4.79 Å². The summed E-state index contributed by atoms with van der Waals surface area (Å²) >= 11 is 3.48. The van der Waals surface area contributed by atoms with Crippen LogP contribution in [0.4, 0.5) is 0 Å². The maximum atomic E-state index is 12.0. The molecule has 1 aromatic heterocycles. The Morgan fingerprint density at radius 1 is 1.56 bits per heavy atom. The summed E-state index contributed by atoms with van der Waals surface area (Å²) in [4.78, 5) is 15.3. The SMILES string of the molecule is CNCCN1C(=O)[C@H](C)S[C@@H]1c1cccs1. The molecule has 1 amide bonds.